The second-order valence-electron chi connectivity index (χ2n) is 4.32. The van der Waals surface area contributed by atoms with Gasteiger partial charge in [-0.3, -0.25) is 4.40 Å². The fraction of sp³-hybridized carbons (Fsp3) is 0.214. The molecular weight excluding hydrogens is 258 g/mol. The Bertz CT molecular complexity index is 712. The lowest BCUT2D eigenvalue weighted by atomic mass is 10.1. The first-order valence-electron chi connectivity index (χ1n) is 6.05. The van der Waals surface area contributed by atoms with E-state index >= 15 is 0 Å². The highest BCUT2D eigenvalue weighted by Crippen LogP contribution is 2.32. The van der Waals surface area contributed by atoms with Gasteiger partial charge in [-0.2, -0.15) is 0 Å². The van der Waals surface area contributed by atoms with Crippen molar-refractivity contribution in [1.29, 1.82) is 0 Å². The molecule has 2 aromatic heterocycles. The van der Waals surface area contributed by atoms with Crippen LogP contribution in [0.3, 0.4) is 0 Å². The van der Waals surface area contributed by atoms with Crippen LogP contribution in [0.25, 0.3) is 16.2 Å². The van der Waals surface area contributed by atoms with Crippen molar-refractivity contribution in [1.82, 2.24) is 9.38 Å². The SMILES string of the molecule is COc1ccc(-c2c(C)sc3nc(CN)cn23)cc1. The maximum absolute atomic E-state index is 5.65. The van der Waals surface area contributed by atoms with Crippen molar-refractivity contribution in [2.24, 2.45) is 5.73 Å². The van der Waals surface area contributed by atoms with Crippen LogP contribution in [0.4, 0.5) is 0 Å². The van der Waals surface area contributed by atoms with Gasteiger partial charge in [-0.15, -0.1) is 11.3 Å². The molecule has 2 N–H and O–H groups in total. The van der Waals surface area contributed by atoms with Crippen LogP contribution in [-0.2, 0) is 6.54 Å². The maximum atomic E-state index is 5.65. The van der Waals surface area contributed by atoms with Gasteiger partial charge in [-0.05, 0) is 36.8 Å². The first-order chi connectivity index (χ1) is 9.22. The average Bonchev–Trinajstić information content (AvgIpc) is 2.95. The zero-order valence-corrected chi connectivity index (χ0v) is 11.7. The van der Waals surface area contributed by atoms with E-state index in [0.29, 0.717) is 6.54 Å². The van der Waals surface area contributed by atoms with Crippen molar-refractivity contribution in [3.8, 4) is 17.0 Å². The van der Waals surface area contributed by atoms with Gasteiger partial charge in [0.15, 0.2) is 4.96 Å². The third kappa shape index (κ3) is 2.01. The molecule has 0 atom stereocenters. The highest BCUT2D eigenvalue weighted by molar-refractivity contribution is 7.17. The first kappa shape index (κ1) is 12.2. The number of thiazole rings is 1. The normalized spacial score (nSPS) is 11.1. The Morgan fingerprint density at radius 1 is 1.32 bits per heavy atom. The average molecular weight is 273 g/mol. The minimum absolute atomic E-state index is 0.468. The lowest BCUT2D eigenvalue weighted by molar-refractivity contribution is 0.415. The van der Waals surface area contributed by atoms with E-state index in [4.69, 9.17) is 10.5 Å². The molecule has 0 amide bonds. The first-order valence-corrected chi connectivity index (χ1v) is 6.86. The van der Waals surface area contributed by atoms with E-state index in [1.165, 1.54) is 10.6 Å². The number of hydrogen-bond donors (Lipinski definition) is 1. The number of imidazole rings is 1. The van der Waals surface area contributed by atoms with Gasteiger partial charge in [0.1, 0.15) is 5.75 Å². The Kier molecular flexibility index (Phi) is 3.00. The molecule has 0 aliphatic carbocycles. The van der Waals surface area contributed by atoms with Crippen molar-refractivity contribution in [3.05, 3.63) is 41.0 Å². The van der Waals surface area contributed by atoms with Gasteiger partial charge in [0.25, 0.3) is 0 Å². The van der Waals surface area contributed by atoms with Crippen molar-refractivity contribution in [2.75, 3.05) is 7.11 Å². The monoisotopic (exact) mass is 273 g/mol. The Morgan fingerprint density at radius 3 is 2.68 bits per heavy atom. The van der Waals surface area contributed by atoms with Gasteiger partial charge in [0.2, 0.25) is 0 Å². The van der Waals surface area contributed by atoms with E-state index in [1.807, 2.05) is 18.3 Å². The molecule has 98 valence electrons. The Balaban J connectivity index is 2.16. The standard InChI is InChI=1S/C14H15N3OS/c1-9-13(10-3-5-12(18-2)6-4-10)17-8-11(7-15)16-14(17)19-9/h3-6,8H,7,15H2,1-2H3. The topological polar surface area (TPSA) is 52.5 Å². The van der Waals surface area contributed by atoms with E-state index in [1.54, 1.807) is 18.4 Å². The minimum Gasteiger partial charge on any atom is -0.497 e. The zero-order valence-electron chi connectivity index (χ0n) is 10.9. The van der Waals surface area contributed by atoms with Gasteiger partial charge >= 0.3 is 0 Å². The highest BCUT2D eigenvalue weighted by atomic mass is 32.1. The number of nitrogens with two attached hydrogens (primary N) is 1. The quantitative estimate of drug-likeness (QED) is 0.798. The molecule has 3 rings (SSSR count). The summed E-state index contributed by atoms with van der Waals surface area (Å²) in [4.78, 5) is 6.74. The number of fused-ring (bicyclic) bond motifs is 1. The molecular formula is C14H15N3OS. The van der Waals surface area contributed by atoms with Gasteiger partial charge in [-0.25, -0.2) is 4.98 Å². The summed E-state index contributed by atoms with van der Waals surface area (Å²) >= 11 is 1.68. The molecule has 0 unspecified atom stereocenters. The third-order valence-corrected chi connectivity index (χ3v) is 4.08. The lowest BCUT2D eigenvalue weighted by Crippen LogP contribution is -1.95. The van der Waals surface area contributed by atoms with Crippen LogP contribution in [0.1, 0.15) is 10.6 Å². The molecule has 0 spiro atoms. The van der Waals surface area contributed by atoms with Crippen LogP contribution in [0, 0.1) is 6.92 Å². The van der Waals surface area contributed by atoms with E-state index in [0.717, 1.165) is 22.0 Å². The summed E-state index contributed by atoms with van der Waals surface area (Å²) in [6.07, 6.45) is 2.01. The number of aromatic nitrogens is 2. The number of nitrogens with zero attached hydrogens (tertiary/aromatic N) is 2. The van der Waals surface area contributed by atoms with E-state index in [2.05, 4.69) is 28.4 Å². The highest BCUT2D eigenvalue weighted by Gasteiger charge is 2.13. The number of rotatable bonds is 3. The van der Waals surface area contributed by atoms with Crippen LogP contribution in [0.15, 0.2) is 30.5 Å². The summed E-state index contributed by atoms with van der Waals surface area (Å²) in [6, 6.07) is 8.07. The molecule has 0 fully saturated rings. The van der Waals surface area contributed by atoms with Crippen molar-refractivity contribution < 1.29 is 4.74 Å². The fourth-order valence-corrected chi connectivity index (χ4v) is 3.18. The van der Waals surface area contributed by atoms with Gasteiger partial charge in [0, 0.05) is 17.6 Å². The molecule has 19 heavy (non-hydrogen) atoms. The third-order valence-electron chi connectivity index (χ3n) is 3.11. The molecule has 0 saturated carbocycles. The number of methoxy groups -OCH3 is 1. The molecule has 5 heteroatoms. The smallest absolute Gasteiger partial charge is 0.194 e. The predicted molar refractivity (Wildman–Crippen MR) is 77.7 cm³/mol. The van der Waals surface area contributed by atoms with E-state index < -0.39 is 0 Å². The number of ether oxygens (including phenoxy) is 1. The molecule has 0 aliphatic heterocycles. The van der Waals surface area contributed by atoms with Crippen molar-refractivity contribution in [2.45, 2.75) is 13.5 Å². The Labute approximate surface area is 115 Å². The summed E-state index contributed by atoms with van der Waals surface area (Å²) in [5.74, 6) is 0.862. The van der Waals surface area contributed by atoms with Crippen LogP contribution in [-0.4, -0.2) is 16.5 Å². The van der Waals surface area contributed by atoms with Crippen LogP contribution in [0.5, 0.6) is 5.75 Å². The number of hydrogen-bond acceptors (Lipinski definition) is 4. The van der Waals surface area contributed by atoms with Crippen molar-refractivity contribution in [3.63, 3.8) is 0 Å². The Morgan fingerprint density at radius 2 is 2.05 bits per heavy atom. The maximum Gasteiger partial charge on any atom is 0.194 e. The summed E-state index contributed by atoms with van der Waals surface area (Å²) in [5.41, 5.74) is 8.90. The molecule has 0 bridgehead atoms. The molecule has 3 aromatic rings. The molecule has 4 nitrogen and oxygen atoms in total. The number of aryl methyl sites for hydroxylation is 1. The van der Waals surface area contributed by atoms with Gasteiger partial charge in [0.05, 0.1) is 18.5 Å². The second-order valence-corrected chi connectivity index (χ2v) is 5.51. The molecule has 0 aliphatic rings. The number of benzene rings is 1. The summed E-state index contributed by atoms with van der Waals surface area (Å²) < 4.78 is 7.31. The second kappa shape index (κ2) is 4.68. The van der Waals surface area contributed by atoms with Crippen LogP contribution >= 0.6 is 11.3 Å². The summed E-state index contributed by atoms with van der Waals surface area (Å²) in [6.45, 7) is 2.58. The van der Waals surface area contributed by atoms with Gasteiger partial charge < -0.3 is 10.5 Å². The van der Waals surface area contributed by atoms with Crippen LogP contribution in [0.2, 0.25) is 0 Å². The van der Waals surface area contributed by atoms with Gasteiger partial charge in [-0.1, -0.05) is 0 Å². The summed E-state index contributed by atoms with van der Waals surface area (Å²) in [5, 5.41) is 0. The van der Waals surface area contributed by atoms with Crippen LogP contribution < -0.4 is 10.5 Å². The lowest BCUT2D eigenvalue weighted by Gasteiger charge is -2.04. The van der Waals surface area contributed by atoms with E-state index in [9.17, 15) is 0 Å². The molecule has 0 saturated heterocycles. The molecule has 1 aromatic carbocycles. The van der Waals surface area contributed by atoms with Crippen molar-refractivity contribution >= 4 is 16.3 Å². The zero-order chi connectivity index (χ0) is 13.4. The summed E-state index contributed by atoms with van der Waals surface area (Å²) in [7, 11) is 1.67. The Hall–Kier alpha value is -1.85. The van der Waals surface area contributed by atoms with E-state index in [-0.39, 0.29) is 0 Å². The molecule has 0 radical (unpaired) electrons. The minimum atomic E-state index is 0.468. The molecule has 2 heterocycles. The largest absolute Gasteiger partial charge is 0.497 e. The predicted octanol–water partition coefficient (Wildman–Crippen LogP) is 2.84. The fourth-order valence-electron chi connectivity index (χ4n) is 2.19.